The minimum atomic E-state index is 0.811. The summed E-state index contributed by atoms with van der Waals surface area (Å²) in [7, 11) is 5.79. The predicted molar refractivity (Wildman–Crippen MR) is 150 cm³/mol. The third kappa shape index (κ3) is 4.47. The SMILES string of the molecule is COc1cc(/C=N/N(C)c2ccccc2)ccc1-c1c(-c2ccc(Br)cc2)n(C)c2ccccc12. The second-order valence-electron chi connectivity index (χ2n) is 8.37. The van der Waals surface area contributed by atoms with Crippen LogP contribution < -0.4 is 9.75 Å². The first-order chi connectivity index (χ1) is 17.1. The van der Waals surface area contributed by atoms with E-state index in [0.717, 1.165) is 43.9 Å². The number of halogens is 1. The van der Waals surface area contributed by atoms with Crippen LogP contribution in [0.3, 0.4) is 0 Å². The molecule has 0 saturated carbocycles. The predicted octanol–water partition coefficient (Wildman–Crippen LogP) is 7.75. The lowest BCUT2D eigenvalue weighted by Crippen LogP contribution is -2.08. The van der Waals surface area contributed by atoms with Crippen molar-refractivity contribution in [2.24, 2.45) is 12.1 Å². The van der Waals surface area contributed by atoms with Gasteiger partial charge in [-0.1, -0.05) is 70.5 Å². The van der Waals surface area contributed by atoms with Gasteiger partial charge in [-0.2, -0.15) is 5.10 Å². The van der Waals surface area contributed by atoms with Crippen molar-refractivity contribution in [3.63, 3.8) is 0 Å². The number of hydrogen-bond acceptors (Lipinski definition) is 3. The number of benzene rings is 4. The van der Waals surface area contributed by atoms with Gasteiger partial charge in [-0.15, -0.1) is 0 Å². The number of rotatable bonds is 6. The molecule has 5 rings (SSSR count). The summed E-state index contributed by atoms with van der Waals surface area (Å²) in [4.78, 5) is 0. The number of anilines is 1. The second-order valence-corrected chi connectivity index (χ2v) is 9.29. The molecule has 0 aliphatic rings. The highest BCUT2D eigenvalue weighted by molar-refractivity contribution is 9.10. The quantitative estimate of drug-likeness (QED) is 0.168. The largest absolute Gasteiger partial charge is 0.496 e. The van der Waals surface area contributed by atoms with Crippen molar-refractivity contribution in [3.05, 3.63) is 107 Å². The first kappa shape index (κ1) is 22.9. The zero-order valence-corrected chi connectivity index (χ0v) is 21.5. The number of aromatic nitrogens is 1. The van der Waals surface area contributed by atoms with Crippen molar-refractivity contribution in [1.82, 2.24) is 4.57 Å². The summed E-state index contributed by atoms with van der Waals surface area (Å²) in [5, 5.41) is 7.66. The number of hydrogen-bond donors (Lipinski definition) is 0. The van der Waals surface area contributed by atoms with Gasteiger partial charge in [0, 0.05) is 40.6 Å². The van der Waals surface area contributed by atoms with E-state index in [9.17, 15) is 0 Å². The maximum Gasteiger partial charge on any atom is 0.127 e. The molecule has 174 valence electrons. The van der Waals surface area contributed by atoms with Crippen molar-refractivity contribution in [1.29, 1.82) is 0 Å². The van der Waals surface area contributed by atoms with Crippen LogP contribution in [-0.2, 0) is 7.05 Å². The molecule has 35 heavy (non-hydrogen) atoms. The van der Waals surface area contributed by atoms with Crippen LogP contribution in [0.25, 0.3) is 33.3 Å². The van der Waals surface area contributed by atoms with Crippen LogP contribution in [0, 0.1) is 0 Å². The molecule has 4 nitrogen and oxygen atoms in total. The first-order valence-electron chi connectivity index (χ1n) is 11.4. The number of ether oxygens (including phenoxy) is 1. The van der Waals surface area contributed by atoms with E-state index in [1.807, 2.05) is 54.7 Å². The molecule has 0 unspecified atom stereocenters. The molecule has 5 aromatic rings. The molecule has 1 heterocycles. The molecule has 0 radical (unpaired) electrons. The van der Waals surface area contributed by atoms with Gasteiger partial charge in [-0.25, -0.2) is 0 Å². The van der Waals surface area contributed by atoms with Crippen molar-refractivity contribution in [3.8, 4) is 28.1 Å². The normalized spacial score (nSPS) is 11.3. The molecule has 0 bridgehead atoms. The molecule has 0 saturated heterocycles. The van der Waals surface area contributed by atoms with Gasteiger partial charge >= 0.3 is 0 Å². The van der Waals surface area contributed by atoms with Crippen molar-refractivity contribution in [2.75, 3.05) is 19.2 Å². The Balaban J connectivity index is 1.61. The molecular formula is C30H26BrN3O. The summed E-state index contributed by atoms with van der Waals surface area (Å²) in [6.07, 6.45) is 1.86. The Labute approximate surface area is 214 Å². The average Bonchev–Trinajstić information content (AvgIpc) is 3.20. The number of hydrazone groups is 1. The van der Waals surface area contributed by atoms with Gasteiger partial charge in [-0.05, 0) is 53.6 Å². The molecule has 0 fully saturated rings. The fourth-order valence-electron chi connectivity index (χ4n) is 4.47. The Bertz CT molecular complexity index is 1500. The maximum absolute atomic E-state index is 5.91. The molecular weight excluding hydrogens is 498 g/mol. The second kappa shape index (κ2) is 9.80. The average molecular weight is 524 g/mol. The molecule has 4 aromatic carbocycles. The summed E-state index contributed by atoms with van der Waals surface area (Å²) < 4.78 is 9.23. The van der Waals surface area contributed by atoms with E-state index < -0.39 is 0 Å². The summed E-state index contributed by atoms with van der Waals surface area (Å²) in [5.41, 5.74) is 7.70. The van der Waals surface area contributed by atoms with Gasteiger partial charge in [0.1, 0.15) is 5.75 Å². The van der Waals surface area contributed by atoms with Crippen LogP contribution in [0.1, 0.15) is 5.56 Å². The van der Waals surface area contributed by atoms with Gasteiger partial charge < -0.3 is 9.30 Å². The Morgan fingerprint density at radius 1 is 0.886 bits per heavy atom. The van der Waals surface area contributed by atoms with Gasteiger partial charge in [0.05, 0.1) is 24.7 Å². The molecule has 0 amide bonds. The van der Waals surface area contributed by atoms with E-state index in [1.54, 1.807) is 7.11 Å². The van der Waals surface area contributed by atoms with Gasteiger partial charge in [0.2, 0.25) is 0 Å². The summed E-state index contributed by atoms with van der Waals surface area (Å²) >= 11 is 3.56. The van der Waals surface area contributed by atoms with E-state index in [4.69, 9.17) is 4.74 Å². The Hall–Kier alpha value is -3.83. The Morgan fingerprint density at radius 2 is 1.60 bits per heavy atom. The molecule has 0 spiro atoms. The molecule has 1 aromatic heterocycles. The van der Waals surface area contributed by atoms with E-state index >= 15 is 0 Å². The standard InChI is InChI=1S/C30H26BrN3O/c1-33-27-12-8-7-11-25(27)29(30(33)22-14-16-23(31)17-15-22)26-18-13-21(19-28(26)35-3)20-32-34(2)24-9-5-4-6-10-24/h4-20H,1-3H3/b32-20+. The van der Waals surface area contributed by atoms with Crippen LogP contribution in [0.5, 0.6) is 5.75 Å². The number of para-hydroxylation sites is 2. The lowest BCUT2D eigenvalue weighted by atomic mass is 9.96. The highest BCUT2D eigenvalue weighted by Crippen LogP contribution is 2.44. The molecule has 0 N–H and O–H groups in total. The molecule has 5 heteroatoms. The minimum Gasteiger partial charge on any atom is -0.496 e. The Kier molecular flexibility index (Phi) is 6.43. The lowest BCUT2D eigenvalue weighted by molar-refractivity contribution is 0.416. The zero-order chi connectivity index (χ0) is 24.4. The van der Waals surface area contributed by atoms with E-state index in [-0.39, 0.29) is 0 Å². The van der Waals surface area contributed by atoms with Gasteiger partial charge in [-0.3, -0.25) is 5.01 Å². The maximum atomic E-state index is 5.91. The molecule has 0 aliphatic carbocycles. The van der Waals surface area contributed by atoms with Crippen LogP contribution in [0.4, 0.5) is 5.69 Å². The van der Waals surface area contributed by atoms with Crippen LogP contribution in [0.15, 0.2) is 107 Å². The molecule has 0 aliphatic heterocycles. The van der Waals surface area contributed by atoms with E-state index in [0.29, 0.717) is 0 Å². The van der Waals surface area contributed by atoms with Crippen molar-refractivity contribution in [2.45, 2.75) is 0 Å². The molecule has 0 atom stereocenters. The summed E-state index contributed by atoms with van der Waals surface area (Å²) in [6, 6.07) is 33.3. The number of nitrogens with zero attached hydrogens (tertiary/aromatic N) is 3. The van der Waals surface area contributed by atoms with Crippen LogP contribution >= 0.6 is 15.9 Å². The topological polar surface area (TPSA) is 29.8 Å². The lowest BCUT2D eigenvalue weighted by Gasteiger charge is -2.14. The number of methoxy groups -OCH3 is 1. The van der Waals surface area contributed by atoms with Crippen molar-refractivity contribution >= 4 is 38.7 Å². The number of aryl methyl sites for hydroxylation is 1. The van der Waals surface area contributed by atoms with Crippen LogP contribution in [0.2, 0.25) is 0 Å². The number of fused-ring (bicyclic) bond motifs is 1. The smallest absolute Gasteiger partial charge is 0.127 e. The van der Waals surface area contributed by atoms with Crippen molar-refractivity contribution < 1.29 is 4.74 Å². The zero-order valence-electron chi connectivity index (χ0n) is 19.9. The summed E-state index contributed by atoms with van der Waals surface area (Å²) in [6.45, 7) is 0. The van der Waals surface area contributed by atoms with Crippen LogP contribution in [-0.4, -0.2) is 24.9 Å². The van der Waals surface area contributed by atoms with E-state index in [2.05, 4.69) is 93.3 Å². The fourth-order valence-corrected chi connectivity index (χ4v) is 4.73. The highest BCUT2D eigenvalue weighted by atomic mass is 79.9. The minimum absolute atomic E-state index is 0.811. The first-order valence-corrected chi connectivity index (χ1v) is 12.2. The Morgan fingerprint density at radius 3 is 2.34 bits per heavy atom. The monoisotopic (exact) mass is 523 g/mol. The summed E-state index contributed by atoms with van der Waals surface area (Å²) in [5.74, 6) is 0.811. The van der Waals surface area contributed by atoms with Gasteiger partial charge in [0.25, 0.3) is 0 Å². The third-order valence-corrected chi connectivity index (χ3v) is 6.76. The third-order valence-electron chi connectivity index (χ3n) is 6.23. The highest BCUT2D eigenvalue weighted by Gasteiger charge is 2.21. The van der Waals surface area contributed by atoms with Gasteiger partial charge in [0.15, 0.2) is 0 Å². The van der Waals surface area contributed by atoms with E-state index in [1.165, 1.54) is 10.9 Å². The fraction of sp³-hybridized carbons (Fsp3) is 0.100.